The van der Waals surface area contributed by atoms with E-state index in [0.717, 1.165) is 0 Å². The van der Waals surface area contributed by atoms with Crippen LogP contribution >= 0.6 is 7.80 Å². The highest BCUT2D eigenvalue weighted by molar-refractivity contribution is 7.68. The second-order valence-corrected chi connectivity index (χ2v) is 7.71. The average molecular weight is 382 g/mol. The summed E-state index contributed by atoms with van der Waals surface area (Å²) in [5, 5.41) is 28.9. The molecular formula is C18H23O7P. The monoisotopic (exact) mass is 382 g/mol. The van der Waals surface area contributed by atoms with E-state index < -0.39 is 25.3 Å². The molecule has 142 valence electrons. The average Bonchev–Trinajstić information content (AvgIpc) is 2.71. The van der Waals surface area contributed by atoms with Gasteiger partial charge in [-0.3, -0.25) is 4.79 Å². The van der Waals surface area contributed by atoms with Gasteiger partial charge in [0.1, 0.15) is 17.1 Å². The van der Waals surface area contributed by atoms with Crippen molar-refractivity contribution >= 4 is 13.3 Å². The predicted molar refractivity (Wildman–Crippen MR) is 97.4 cm³/mol. The van der Waals surface area contributed by atoms with E-state index in [1.165, 1.54) is 26.4 Å². The fourth-order valence-corrected chi connectivity index (χ4v) is 4.35. The lowest BCUT2D eigenvalue weighted by molar-refractivity contribution is 0.0898. The number of ether oxygens (including phenoxy) is 2. The quantitative estimate of drug-likeness (QED) is 0.585. The number of benzene rings is 1. The minimum absolute atomic E-state index is 0.0840. The van der Waals surface area contributed by atoms with Crippen molar-refractivity contribution in [3.63, 3.8) is 0 Å². The summed E-state index contributed by atoms with van der Waals surface area (Å²) < 4.78 is 23.4. The first kappa shape index (κ1) is 20.4. The molecule has 1 aromatic carbocycles. The van der Waals surface area contributed by atoms with Crippen molar-refractivity contribution in [3.05, 3.63) is 46.8 Å². The second-order valence-electron chi connectivity index (χ2n) is 6.06. The van der Waals surface area contributed by atoms with Gasteiger partial charge in [-0.15, -0.1) is 0 Å². The van der Waals surface area contributed by atoms with Crippen LogP contribution in [0.2, 0.25) is 0 Å². The molecule has 1 aromatic rings. The zero-order valence-corrected chi connectivity index (χ0v) is 15.7. The third-order valence-electron chi connectivity index (χ3n) is 4.48. The van der Waals surface area contributed by atoms with Gasteiger partial charge in [0, 0.05) is 10.7 Å². The number of hydrogen-bond acceptors (Lipinski definition) is 7. The number of carbonyl (C=O) groups excluding carboxylic acids is 1. The zero-order chi connectivity index (χ0) is 19.3. The highest BCUT2D eigenvalue weighted by Gasteiger charge is 2.34. The molecule has 0 heterocycles. The van der Waals surface area contributed by atoms with Crippen LogP contribution in [-0.4, -0.2) is 54.9 Å². The summed E-state index contributed by atoms with van der Waals surface area (Å²) in [6, 6.07) is 4.80. The Morgan fingerprint density at radius 2 is 1.73 bits per heavy atom. The van der Waals surface area contributed by atoms with Crippen LogP contribution in [0.4, 0.5) is 0 Å². The molecule has 0 aliphatic heterocycles. The summed E-state index contributed by atoms with van der Waals surface area (Å²) in [7, 11) is -0.187. The van der Waals surface area contributed by atoms with Crippen LogP contribution in [0.3, 0.4) is 0 Å². The zero-order valence-electron chi connectivity index (χ0n) is 14.7. The van der Waals surface area contributed by atoms with Gasteiger partial charge in [0.15, 0.2) is 7.80 Å². The second kappa shape index (κ2) is 8.64. The van der Waals surface area contributed by atoms with Crippen LogP contribution in [-0.2, 0) is 4.57 Å². The molecule has 0 spiro atoms. The first-order valence-electron chi connectivity index (χ1n) is 8.00. The Labute approximate surface area is 152 Å². The number of aliphatic hydroxyl groups excluding tert-OH is 3. The lowest BCUT2D eigenvalue weighted by Crippen LogP contribution is -2.30. The van der Waals surface area contributed by atoms with Crippen LogP contribution in [0.25, 0.3) is 0 Å². The maximum absolute atomic E-state index is 13.0. The SMILES string of the molecule is COc1cccc(OC)c1C(=O)[PH](=O)C1=C(CO)CC(CO)(CO)C=C1. The summed E-state index contributed by atoms with van der Waals surface area (Å²) in [4.78, 5) is 12.9. The van der Waals surface area contributed by atoms with Gasteiger partial charge in [-0.1, -0.05) is 18.2 Å². The Kier molecular flexibility index (Phi) is 6.78. The highest BCUT2D eigenvalue weighted by Crippen LogP contribution is 2.47. The molecule has 0 saturated carbocycles. The summed E-state index contributed by atoms with van der Waals surface area (Å²) >= 11 is 0. The Balaban J connectivity index is 2.45. The van der Waals surface area contributed by atoms with E-state index >= 15 is 0 Å². The first-order chi connectivity index (χ1) is 12.5. The Bertz CT molecular complexity index is 741. The van der Waals surface area contributed by atoms with E-state index in [-0.39, 0.29) is 42.0 Å². The molecule has 1 unspecified atom stereocenters. The largest absolute Gasteiger partial charge is 0.496 e. The van der Waals surface area contributed by atoms with Crippen LogP contribution in [0.1, 0.15) is 16.8 Å². The molecule has 8 heteroatoms. The maximum Gasteiger partial charge on any atom is 0.230 e. The molecule has 0 amide bonds. The molecule has 1 aliphatic carbocycles. The summed E-state index contributed by atoms with van der Waals surface area (Å²) in [6.45, 7) is -1.08. The summed E-state index contributed by atoms with van der Waals surface area (Å²) in [5.41, 5.74) is -1.13. The topological polar surface area (TPSA) is 113 Å². The van der Waals surface area contributed by atoms with E-state index in [9.17, 15) is 24.7 Å². The van der Waals surface area contributed by atoms with Crippen molar-refractivity contribution in [1.29, 1.82) is 0 Å². The molecular weight excluding hydrogens is 359 g/mol. The molecule has 0 bridgehead atoms. The maximum atomic E-state index is 13.0. The Morgan fingerprint density at radius 3 is 2.19 bits per heavy atom. The fourth-order valence-electron chi connectivity index (χ4n) is 2.91. The van der Waals surface area contributed by atoms with Gasteiger partial charge < -0.3 is 29.4 Å². The smallest absolute Gasteiger partial charge is 0.230 e. The van der Waals surface area contributed by atoms with Crippen LogP contribution in [0.15, 0.2) is 41.2 Å². The number of carbonyl (C=O) groups is 1. The minimum atomic E-state index is -2.99. The lowest BCUT2D eigenvalue weighted by atomic mass is 9.80. The third kappa shape index (κ3) is 3.76. The van der Waals surface area contributed by atoms with Crippen LogP contribution in [0, 0.1) is 5.41 Å². The number of allylic oxidation sites excluding steroid dienone is 2. The summed E-state index contributed by atoms with van der Waals surface area (Å²) in [5.74, 6) is 0.498. The van der Waals surface area contributed by atoms with Crippen LogP contribution < -0.4 is 9.47 Å². The molecule has 0 saturated heterocycles. The molecule has 0 fully saturated rings. The molecule has 1 atom stereocenters. The van der Waals surface area contributed by atoms with E-state index in [1.807, 2.05) is 0 Å². The standard InChI is InChI=1S/C18H23O7P/c1-24-13-4-3-5-14(25-2)16(13)17(22)26(23)15-6-7-18(10-20,11-21)8-12(15)9-19/h3-7,19-21,26H,8-11H2,1-2H3. The van der Waals surface area contributed by atoms with E-state index in [2.05, 4.69) is 0 Å². The number of aliphatic hydroxyl groups is 3. The number of hydrogen-bond donors (Lipinski definition) is 3. The van der Waals surface area contributed by atoms with Gasteiger partial charge in [0.25, 0.3) is 0 Å². The molecule has 7 nitrogen and oxygen atoms in total. The molecule has 3 N–H and O–H groups in total. The lowest BCUT2D eigenvalue weighted by Gasteiger charge is -2.31. The molecule has 0 aromatic heterocycles. The van der Waals surface area contributed by atoms with Crippen LogP contribution in [0.5, 0.6) is 11.5 Å². The van der Waals surface area contributed by atoms with E-state index in [4.69, 9.17) is 9.47 Å². The van der Waals surface area contributed by atoms with Gasteiger partial charge in [-0.2, -0.15) is 0 Å². The van der Waals surface area contributed by atoms with Crippen molar-refractivity contribution in [2.24, 2.45) is 5.41 Å². The Hall–Kier alpha value is -1.92. The van der Waals surface area contributed by atoms with Crippen molar-refractivity contribution in [3.8, 4) is 11.5 Å². The van der Waals surface area contributed by atoms with Gasteiger partial charge in [0.05, 0.1) is 34.0 Å². The predicted octanol–water partition coefficient (Wildman–Crippen LogP) is 1.58. The van der Waals surface area contributed by atoms with Gasteiger partial charge >= 0.3 is 0 Å². The summed E-state index contributed by atoms with van der Waals surface area (Å²) in [6.07, 6.45) is 3.11. The molecule has 1 aliphatic rings. The van der Waals surface area contributed by atoms with Gasteiger partial charge in [-0.25, -0.2) is 0 Å². The molecule has 0 radical (unpaired) electrons. The first-order valence-corrected chi connectivity index (χ1v) is 9.41. The van der Waals surface area contributed by atoms with Gasteiger partial charge in [0.2, 0.25) is 5.52 Å². The van der Waals surface area contributed by atoms with Crippen molar-refractivity contribution in [2.75, 3.05) is 34.0 Å². The number of methoxy groups -OCH3 is 2. The van der Waals surface area contributed by atoms with E-state index in [1.54, 1.807) is 18.2 Å². The van der Waals surface area contributed by atoms with Crippen molar-refractivity contribution in [1.82, 2.24) is 0 Å². The number of rotatable bonds is 8. The highest BCUT2D eigenvalue weighted by atomic mass is 31.1. The Morgan fingerprint density at radius 1 is 1.15 bits per heavy atom. The third-order valence-corrected chi connectivity index (χ3v) is 6.15. The molecule has 2 rings (SSSR count). The minimum Gasteiger partial charge on any atom is -0.496 e. The van der Waals surface area contributed by atoms with Gasteiger partial charge in [-0.05, 0) is 24.1 Å². The van der Waals surface area contributed by atoms with E-state index in [0.29, 0.717) is 5.57 Å². The van der Waals surface area contributed by atoms with Crippen molar-refractivity contribution < 1.29 is 34.2 Å². The normalized spacial score (nSPS) is 17.1. The molecule has 26 heavy (non-hydrogen) atoms. The van der Waals surface area contributed by atoms with Crippen molar-refractivity contribution in [2.45, 2.75) is 6.42 Å². The fraction of sp³-hybridized carbons (Fsp3) is 0.389.